The van der Waals surface area contributed by atoms with Crippen LogP contribution >= 0.6 is 16.2 Å². The van der Waals surface area contributed by atoms with Gasteiger partial charge in [0.15, 0.2) is 0 Å². The molecular formula is C3H14O7P2S. The van der Waals surface area contributed by atoms with Gasteiger partial charge in [-0.05, 0) is 20.0 Å². The second-order valence-electron chi connectivity index (χ2n) is 2.07. The Kier molecular flexibility index (Phi) is 15.5. The van der Waals surface area contributed by atoms with Crippen molar-refractivity contribution in [2.45, 2.75) is 0 Å². The highest BCUT2D eigenvalue weighted by molar-refractivity contribution is 7.79. The molecule has 84 valence electrons. The van der Waals surface area contributed by atoms with E-state index in [2.05, 4.69) is 20.0 Å². The predicted octanol–water partition coefficient (Wildman–Crippen LogP) is 0.0656. The maximum atomic E-state index is 8.74. The normalized spacial score (nSPS) is 9.92. The van der Waals surface area contributed by atoms with Crippen LogP contribution < -0.4 is 0 Å². The van der Waals surface area contributed by atoms with Crippen molar-refractivity contribution in [1.29, 1.82) is 0 Å². The lowest BCUT2D eigenvalue weighted by atomic mass is 11.9. The summed E-state index contributed by atoms with van der Waals surface area (Å²) in [6, 6.07) is 0. The number of hydrogen-bond acceptors (Lipinski definition) is 3. The molecule has 0 aromatic rings. The molecular weight excluding hydrogens is 242 g/mol. The van der Waals surface area contributed by atoms with Gasteiger partial charge in [-0.1, -0.05) is 0 Å². The first kappa shape index (κ1) is 19.1. The summed E-state index contributed by atoms with van der Waals surface area (Å²) in [6.45, 7) is 6.69. The van der Waals surface area contributed by atoms with E-state index in [9.17, 15) is 0 Å². The molecule has 0 aliphatic rings. The summed E-state index contributed by atoms with van der Waals surface area (Å²) in [5.74, 6) is 0. The van der Waals surface area contributed by atoms with Gasteiger partial charge in [0.1, 0.15) is 0 Å². The van der Waals surface area contributed by atoms with E-state index in [0.717, 1.165) is 0 Å². The van der Waals surface area contributed by atoms with Gasteiger partial charge in [0.25, 0.3) is 0 Å². The van der Waals surface area contributed by atoms with Crippen LogP contribution in [0.5, 0.6) is 0 Å². The Balaban J connectivity index is -0.000000117. The third kappa shape index (κ3) is 6710. The van der Waals surface area contributed by atoms with Gasteiger partial charge >= 0.3 is 18.7 Å². The second-order valence-corrected chi connectivity index (χ2v) is 6.22. The summed E-state index contributed by atoms with van der Waals surface area (Å²) in [5.41, 5.74) is 0. The van der Waals surface area contributed by atoms with Crippen molar-refractivity contribution in [3.05, 3.63) is 0 Å². The van der Waals surface area contributed by atoms with Crippen molar-refractivity contribution in [2.24, 2.45) is 0 Å². The molecule has 7 nitrogen and oxygen atoms in total. The topological polar surface area (TPSA) is 132 Å². The van der Waals surface area contributed by atoms with Gasteiger partial charge in [0, 0.05) is 0 Å². The lowest BCUT2D eigenvalue weighted by molar-refractivity contribution is 0.380. The predicted molar refractivity (Wildman–Crippen MR) is 52.3 cm³/mol. The highest BCUT2D eigenvalue weighted by Crippen LogP contribution is 2.14. The molecule has 13 heavy (non-hydrogen) atoms. The smallest absolute Gasteiger partial charge is 0.326 e. The Labute approximate surface area is 79.1 Å². The van der Waals surface area contributed by atoms with Crippen molar-refractivity contribution in [3.8, 4) is 0 Å². The third-order valence-corrected chi connectivity index (χ3v) is 0. The molecule has 0 bridgehead atoms. The molecule has 4 N–H and O–H groups in total. The van der Waals surface area contributed by atoms with Crippen LogP contribution in [0.2, 0.25) is 0 Å². The fourth-order valence-electron chi connectivity index (χ4n) is 0. The van der Waals surface area contributed by atoms with E-state index in [0.29, 0.717) is 7.92 Å². The van der Waals surface area contributed by atoms with Gasteiger partial charge in [-0.3, -0.25) is 13.7 Å². The zero-order chi connectivity index (χ0) is 11.7. The first-order valence-corrected chi connectivity index (χ1v) is 8.07. The van der Waals surface area contributed by atoms with E-state index in [-0.39, 0.29) is 0 Å². The van der Waals surface area contributed by atoms with E-state index in [1.807, 2.05) is 0 Å². The van der Waals surface area contributed by atoms with Crippen LogP contribution in [-0.2, 0) is 15.0 Å². The van der Waals surface area contributed by atoms with E-state index in [4.69, 9.17) is 31.9 Å². The average Bonchev–Trinajstić information content (AvgIpc) is 1.50. The van der Waals surface area contributed by atoms with Gasteiger partial charge in [0.2, 0.25) is 0 Å². The summed E-state index contributed by atoms with van der Waals surface area (Å²) < 4.78 is 40.3. The summed E-state index contributed by atoms with van der Waals surface area (Å²) in [7, 11) is -7.42. The molecule has 0 aromatic carbocycles. The number of hydrogen-bond donors (Lipinski definition) is 4. The summed E-state index contributed by atoms with van der Waals surface area (Å²) in [4.78, 5) is 14.3. The minimum atomic E-state index is -4.67. The van der Waals surface area contributed by atoms with Crippen LogP contribution in [0.1, 0.15) is 0 Å². The first-order valence-electron chi connectivity index (χ1n) is 2.69. The van der Waals surface area contributed by atoms with E-state index >= 15 is 0 Å². The van der Waals surface area contributed by atoms with Crippen molar-refractivity contribution in [1.82, 2.24) is 0 Å². The molecule has 0 atom stereocenters. The van der Waals surface area contributed by atoms with Crippen LogP contribution in [0.25, 0.3) is 0 Å². The second kappa shape index (κ2) is 10.5. The van der Waals surface area contributed by atoms with Crippen molar-refractivity contribution in [3.63, 3.8) is 0 Å². The molecule has 0 fully saturated rings. The molecule has 0 aromatic heterocycles. The Morgan fingerprint density at radius 3 is 1.08 bits per heavy atom. The maximum absolute atomic E-state index is 8.74. The summed E-state index contributed by atoms with van der Waals surface area (Å²) in [5, 5.41) is 0. The highest BCUT2D eigenvalue weighted by atomic mass is 32.3. The number of rotatable bonds is 0. The molecule has 0 saturated carbocycles. The Bertz CT molecular complexity index is 195. The van der Waals surface area contributed by atoms with Crippen LogP contribution in [-0.4, -0.2) is 47.3 Å². The lowest BCUT2D eigenvalue weighted by Gasteiger charge is -1.81. The van der Waals surface area contributed by atoms with Crippen molar-refractivity contribution < 1.29 is 31.9 Å². The Morgan fingerprint density at radius 1 is 1.08 bits per heavy atom. The van der Waals surface area contributed by atoms with Gasteiger partial charge in [-0.15, -0.1) is 7.92 Å². The fourth-order valence-corrected chi connectivity index (χ4v) is 0. The van der Waals surface area contributed by atoms with Crippen molar-refractivity contribution in [2.75, 3.05) is 20.0 Å². The van der Waals surface area contributed by atoms with Gasteiger partial charge in [0.05, 0.1) is 0 Å². The third-order valence-electron chi connectivity index (χ3n) is 0. The molecule has 0 rings (SSSR count). The molecule has 0 spiro atoms. The minimum absolute atomic E-state index is 0.380. The molecule has 0 amide bonds. The molecule has 0 unspecified atom stereocenters. The zero-order valence-electron chi connectivity index (χ0n) is 7.37. The monoisotopic (exact) mass is 256 g/mol. The Morgan fingerprint density at radius 2 is 1.08 bits per heavy atom. The average molecular weight is 256 g/mol. The quantitative estimate of drug-likeness (QED) is 0.356. The van der Waals surface area contributed by atoms with Crippen LogP contribution in [0.15, 0.2) is 0 Å². The SMILES string of the molecule is CP(C)C.O=S(=O)(O)O.O=[PH](O)O. The molecule has 0 aliphatic heterocycles. The van der Waals surface area contributed by atoms with Gasteiger partial charge in [-0.2, -0.15) is 8.42 Å². The zero-order valence-corrected chi connectivity index (χ0v) is 10.1. The van der Waals surface area contributed by atoms with Crippen LogP contribution in [0, 0.1) is 0 Å². The highest BCUT2D eigenvalue weighted by Gasteiger charge is 1.84. The van der Waals surface area contributed by atoms with E-state index in [1.54, 1.807) is 0 Å². The molecule has 0 aliphatic carbocycles. The molecule has 10 heteroatoms. The first-order chi connectivity index (χ1) is 5.46. The molecule has 0 heterocycles. The Hall–Kier alpha value is 0.450. The van der Waals surface area contributed by atoms with Gasteiger partial charge in [-0.25, -0.2) is 0 Å². The minimum Gasteiger partial charge on any atom is -0.326 e. The van der Waals surface area contributed by atoms with Crippen molar-refractivity contribution >= 4 is 26.6 Å². The van der Waals surface area contributed by atoms with E-state index in [1.165, 1.54) is 0 Å². The van der Waals surface area contributed by atoms with E-state index < -0.39 is 18.7 Å². The van der Waals surface area contributed by atoms with Crippen LogP contribution in [0.4, 0.5) is 0 Å². The lowest BCUT2D eigenvalue weighted by Crippen LogP contribution is -1.89. The summed E-state index contributed by atoms with van der Waals surface area (Å²) >= 11 is 0. The largest absolute Gasteiger partial charge is 0.394 e. The van der Waals surface area contributed by atoms with Crippen LogP contribution in [0.3, 0.4) is 0 Å². The standard InChI is InChI=1S/C3H9P.H2O4S.H3O3P/c1-4(2)3;1-5(2,3)4;1-4(2)3/h1-3H3;(H2,1,2,3,4);4H,(H2,1,2,3). The fraction of sp³-hybridized carbons (Fsp3) is 1.00. The summed E-state index contributed by atoms with van der Waals surface area (Å²) in [6.07, 6.45) is 0. The molecule has 0 radical (unpaired) electrons. The molecule has 0 saturated heterocycles. The van der Waals surface area contributed by atoms with Gasteiger partial charge < -0.3 is 9.79 Å². The maximum Gasteiger partial charge on any atom is 0.394 e.